The summed E-state index contributed by atoms with van der Waals surface area (Å²) in [6, 6.07) is 16.0. The van der Waals surface area contributed by atoms with Gasteiger partial charge >= 0.3 is 0 Å². The third-order valence-electron chi connectivity index (χ3n) is 3.42. The standard InChI is InChI=1S/C17H14FNO2S/c1-12-6-8-13(9-7-12)19-22(20,21)17-11-10-16(18)14-4-2-3-5-15(14)17/h2-11,19H,1H3. The average Bonchev–Trinajstić information content (AvgIpc) is 2.50. The van der Waals surface area contributed by atoms with Gasteiger partial charge in [-0.15, -0.1) is 0 Å². The molecule has 1 N–H and O–H groups in total. The normalized spacial score (nSPS) is 11.5. The van der Waals surface area contributed by atoms with Gasteiger partial charge in [0.1, 0.15) is 5.82 Å². The van der Waals surface area contributed by atoms with Crippen molar-refractivity contribution in [3.63, 3.8) is 0 Å². The molecule has 3 aromatic rings. The van der Waals surface area contributed by atoms with E-state index in [2.05, 4.69) is 4.72 Å². The summed E-state index contributed by atoms with van der Waals surface area (Å²) in [6.45, 7) is 1.92. The third kappa shape index (κ3) is 2.67. The van der Waals surface area contributed by atoms with Gasteiger partial charge in [-0.1, -0.05) is 42.0 Å². The highest BCUT2D eigenvalue weighted by atomic mass is 32.2. The van der Waals surface area contributed by atoms with E-state index in [0.717, 1.165) is 5.56 Å². The monoisotopic (exact) mass is 315 g/mol. The zero-order valence-electron chi connectivity index (χ0n) is 11.9. The molecule has 3 aromatic carbocycles. The Kier molecular flexibility index (Phi) is 3.58. The van der Waals surface area contributed by atoms with E-state index in [1.54, 1.807) is 36.4 Å². The number of anilines is 1. The molecule has 22 heavy (non-hydrogen) atoms. The van der Waals surface area contributed by atoms with Crippen molar-refractivity contribution in [2.45, 2.75) is 11.8 Å². The molecule has 0 saturated heterocycles. The van der Waals surface area contributed by atoms with E-state index in [1.807, 2.05) is 19.1 Å². The molecule has 0 aliphatic carbocycles. The molecule has 0 heterocycles. The Morgan fingerprint density at radius 3 is 2.18 bits per heavy atom. The molecule has 0 aromatic heterocycles. The van der Waals surface area contributed by atoms with Crippen LogP contribution in [-0.2, 0) is 10.0 Å². The van der Waals surface area contributed by atoms with Crippen LogP contribution in [0, 0.1) is 12.7 Å². The largest absolute Gasteiger partial charge is 0.280 e. The van der Waals surface area contributed by atoms with Crippen LogP contribution in [0.15, 0.2) is 65.6 Å². The van der Waals surface area contributed by atoms with Gasteiger partial charge in [0.25, 0.3) is 10.0 Å². The molecular weight excluding hydrogens is 301 g/mol. The molecule has 0 fully saturated rings. The molecule has 3 nitrogen and oxygen atoms in total. The van der Waals surface area contributed by atoms with Gasteiger partial charge in [0.05, 0.1) is 4.90 Å². The van der Waals surface area contributed by atoms with Crippen LogP contribution in [0.4, 0.5) is 10.1 Å². The molecule has 0 saturated carbocycles. The average molecular weight is 315 g/mol. The molecule has 0 aliphatic heterocycles. The lowest BCUT2D eigenvalue weighted by Crippen LogP contribution is -2.13. The van der Waals surface area contributed by atoms with Crippen LogP contribution in [0.2, 0.25) is 0 Å². The van der Waals surface area contributed by atoms with Gasteiger partial charge in [-0.25, -0.2) is 12.8 Å². The number of hydrogen-bond donors (Lipinski definition) is 1. The first kappa shape index (κ1) is 14.5. The predicted octanol–water partition coefficient (Wildman–Crippen LogP) is 4.09. The highest BCUT2D eigenvalue weighted by molar-refractivity contribution is 7.93. The van der Waals surface area contributed by atoms with Gasteiger partial charge in [0.15, 0.2) is 0 Å². The van der Waals surface area contributed by atoms with E-state index in [1.165, 1.54) is 12.1 Å². The van der Waals surface area contributed by atoms with Gasteiger partial charge in [-0.2, -0.15) is 0 Å². The summed E-state index contributed by atoms with van der Waals surface area (Å²) in [5, 5.41) is 0.649. The number of fused-ring (bicyclic) bond motifs is 1. The first-order valence-corrected chi connectivity index (χ1v) is 8.22. The molecule has 0 unspecified atom stereocenters. The lowest BCUT2D eigenvalue weighted by atomic mass is 10.1. The van der Waals surface area contributed by atoms with Crippen molar-refractivity contribution in [3.05, 3.63) is 72.0 Å². The van der Waals surface area contributed by atoms with Gasteiger partial charge in [-0.05, 0) is 31.2 Å². The van der Waals surface area contributed by atoms with Gasteiger partial charge < -0.3 is 0 Å². The maximum Gasteiger partial charge on any atom is 0.262 e. The lowest BCUT2D eigenvalue weighted by molar-refractivity contribution is 0.601. The van der Waals surface area contributed by atoms with Crippen LogP contribution >= 0.6 is 0 Å². The molecule has 0 atom stereocenters. The van der Waals surface area contributed by atoms with Crippen molar-refractivity contribution in [2.75, 3.05) is 4.72 Å². The zero-order chi connectivity index (χ0) is 15.7. The smallest absolute Gasteiger partial charge is 0.262 e. The van der Waals surface area contributed by atoms with Crippen molar-refractivity contribution in [3.8, 4) is 0 Å². The fraction of sp³-hybridized carbons (Fsp3) is 0.0588. The van der Waals surface area contributed by atoms with Crippen LogP contribution in [0.3, 0.4) is 0 Å². The topological polar surface area (TPSA) is 46.2 Å². The van der Waals surface area contributed by atoms with E-state index in [4.69, 9.17) is 0 Å². The Hall–Kier alpha value is -2.40. The maximum atomic E-state index is 13.8. The summed E-state index contributed by atoms with van der Waals surface area (Å²) in [7, 11) is -3.79. The van der Waals surface area contributed by atoms with Crippen LogP contribution in [0.1, 0.15) is 5.56 Å². The number of hydrogen-bond acceptors (Lipinski definition) is 2. The second-order valence-corrected chi connectivity index (χ2v) is 6.71. The lowest BCUT2D eigenvalue weighted by Gasteiger charge is -2.11. The van der Waals surface area contributed by atoms with Crippen LogP contribution < -0.4 is 4.72 Å². The van der Waals surface area contributed by atoms with E-state index >= 15 is 0 Å². The first-order chi connectivity index (χ1) is 10.5. The van der Waals surface area contributed by atoms with E-state index in [9.17, 15) is 12.8 Å². The molecule has 0 radical (unpaired) electrons. The Balaban J connectivity index is 2.10. The SMILES string of the molecule is Cc1ccc(NS(=O)(=O)c2ccc(F)c3ccccc23)cc1. The number of rotatable bonds is 3. The van der Waals surface area contributed by atoms with Crippen LogP contribution in [0.25, 0.3) is 10.8 Å². The molecule has 0 amide bonds. The molecule has 0 aliphatic rings. The highest BCUT2D eigenvalue weighted by Gasteiger charge is 2.18. The van der Waals surface area contributed by atoms with Gasteiger partial charge in [-0.3, -0.25) is 4.72 Å². The maximum absolute atomic E-state index is 13.8. The second kappa shape index (κ2) is 5.42. The van der Waals surface area contributed by atoms with E-state index in [-0.39, 0.29) is 10.3 Å². The van der Waals surface area contributed by atoms with E-state index in [0.29, 0.717) is 11.1 Å². The van der Waals surface area contributed by atoms with Crippen molar-refractivity contribution >= 4 is 26.5 Å². The van der Waals surface area contributed by atoms with E-state index < -0.39 is 15.8 Å². The summed E-state index contributed by atoms with van der Waals surface area (Å²) < 4.78 is 41.5. The molecule has 0 bridgehead atoms. The van der Waals surface area contributed by atoms with Gasteiger partial charge in [0, 0.05) is 16.5 Å². The van der Waals surface area contributed by atoms with Crippen molar-refractivity contribution in [1.82, 2.24) is 0 Å². The quantitative estimate of drug-likeness (QED) is 0.791. The summed E-state index contributed by atoms with van der Waals surface area (Å²) in [5.41, 5.74) is 1.51. The Bertz CT molecular complexity index is 935. The van der Waals surface area contributed by atoms with Crippen molar-refractivity contribution in [2.24, 2.45) is 0 Å². The number of benzene rings is 3. The fourth-order valence-corrected chi connectivity index (χ4v) is 3.57. The number of sulfonamides is 1. The molecule has 0 spiro atoms. The first-order valence-electron chi connectivity index (χ1n) is 6.74. The summed E-state index contributed by atoms with van der Waals surface area (Å²) in [5.74, 6) is -0.440. The minimum absolute atomic E-state index is 0.0603. The fourth-order valence-electron chi connectivity index (χ4n) is 2.30. The van der Waals surface area contributed by atoms with Crippen LogP contribution in [-0.4, -0.2) is 8.42 Å². The van der Waals surface area contributed by atoms with Crippen LogP contribution in [0.5, 0.6) is 0 Å². The Labute approximate surface area is 128 Å². The summed E-state index contributed by atoms with van der Waals surface area (Å²) in [6.07, 6.45) is 0. The minimum Gasteiger partial charge on any atom is -0.280 e. The third-order valence-corrected chi connectivity index (χ3v) is 4.86. The summed E-state index contributed by atoms with van der Waals surface area (Å²) in [4.78, 5) is 0.0603. The Morgan fingerprint density at radius 1 is 0.864 bits per heavy atom. The molecule has 112 valence electrons. The molecule has 3 rings (SSSR count). The predicted molar refractivity (Wildman–Crippen MR) is 85.9 cm³/mol. The van der Waals surface area contributed by atoms with Crippen molar-refractivity contribution in [1.29, 1.82) is 0 Å². The minimum atomic E-state index is -3.79. The zero-order valence-corrected chi connectivity index (χ0v) is 12.7. The summed E-state index contributed by atoms with van der Waals surface area (Å²) >= 11 is 0. The second-order valence-electron chi connectivity index (χ2n) is 5.06. The van der Waals surface area contributed by atoms with Gasteiger partial charge in [0.2, 0.25) is 0 Å². The highest BCUT2D eigenvalue weighted by Crippen LogP contribution is 2.27. The molecular formula is C17H14FNO2S. The number of halogens is 1. The molecule has 5 heteroatoms. The number of aryl methyl sites for hydroxylation is 1. The Morgan fingerprint density at radius 2 is 1.50 bits per heavy atom. The van der Waals surface area contributed by atoms with Crippen molar-refractivity contribution < 1.29 is 12.8 Å². The number of nitrogens with one attached hydrogen (secondary N) is 1.